The van der Waals surface area contributed by atoms with Crippen molar-refractivity contribution in [2.45, 2.75) is 50.6 Å². The number of hydrogen-bond acceptors (Lipinski definition) is 4. The average Bonchev–Trinajstić information content (AvgIpc) is 3.08. The summed E-state index contributed by atoms with van der Waals surface area (Å²) in [6, 6.07) is 5.00. The Morgan fingerprint density at radius 1 is 0.800 bits per heavy atom. The number of rotatable bonds is 0. The van der Waals surface area contributed by atoms with Gasteiger partial charge in [0.1, 0.15) is 0 Å². The first-order valence-corrected chi connectivity index (χ1v) is 9.15. The van der Waals surface area contributed by atoms with Crippen molar-refractivity contribution in [2.24, 2.45) is 11.5 Å². The van der Waals surface area contributed by atoms with Crippen LogP contribution >= 0.6 is 22.7 Å². The van der Waals surface area contributed by atoms with Gasteiger partial charge in [-0.2, -0.15) is 0 Å². The molecule has 108 valence electrons. The molecule has 0 bridgehead atoms. The molecule has 0 unspecified atom stereocenters. The molecule has 2 aromatic heterocycles. The lowest BCUT2D eigenvalue weighted by Crippen LogP contribution is -2.14. The third-order valence-corrected chi connectivity index (χ3v) is 6.19. The molecule has 4 heteroatoms. The Labute approximate surface area is 128 Å². The van der Waals surface area contributed by atoms with Crippen LogP contribution in [0.3, 0.4) is 0 Å². The van der Waals surface area contributed by atoms with Crippen LogP contribution in [0.25, 0.3) is 0 Å². The lowest BCUT2D eigenvalue weighted by molar-refractivity contribution is 0.578. The molecule has 4 rings (SSSR count). The zero-order valence-electron chi connectivity index (χ0n) is 11.7. The van der Waals surface area contributed by atoms with Crippen LogP contribution in [-0.2, 0) is 12.8 Å². The van der Waals surface area contributed by atoms with Crippen LogP contribution in [0.1, 0.15) is 58.6 Å². The van der Waals surface area contributed by atoms with E-state index in [-0.39, 0.29) is 0 Å². The Morgan fingerprint density at radius 2 is 1.25 bits per heavy atom. The fourth-order valence-corrected chi connectivity index (χ4v) is 5.04. The third kappa shape index (κ3) is 2.98. The van der Waals surface area contributed by atoms with E-state index in [1.807, 2.05) is 22.7 Å². The van der Waals surface area contributed by atoms with Gasteiger partial charge in [0.25, 0.3) is 0 Å². The summed E-state index contributed by atoms with van der Waals surface area (Å²) in [4.78, 5) is 3.03. The van der Waals surface area contributed by atoms with Crippen LogP contribution in [0.5, 0.6) is 0 Å². The molecule has 20 heavy (non-hydrogen) atoms. The summed E-state index contributed by atoms with van der Waals surface area (Å²) in [5.74, 6) is 0. The highest BCUT2D eigenvalue weighted by Crippen LogP contribution is 2.32. The summed E-state index contributed by atoms with van der Waals surface area (Å²) in [6.07, 6.45) is 7.39. The predicted octanol–water partition coefficient (Wildman–Crippen LogP) is 4.17. The molecule has 0 aliphatic heterocycles. The molecular weight excluding hydrogens is 284 g/mol. The van der Waals surface area contributed by atoms with Crippen molar-refractivity contribution in [1.29, 1.82) is 0 Å². The van der Waals surface area contributed by atoms with Crippen LogP contribution in [0, 0.1) is 0 Å². The van der Waals surface area contributed by atoms with Crippen LogP contribution in [0.15, 0.2) is 22.9 Å². The Kier molecular flexibility index (Phi) is 4.56. The summed E-state index contributed by atoms with van der Waals surface area (Å²) in [5.41, 5.74) is 14.6. The summed E-state index contributed by atoms with van der Waals surface area (Å²) in [7, 11) is 0. The van der Waals surface area contributed by atoms with Gasteiger partial charge >= 0.3 is 0 Å². The van der Waals surface area contributed by atoms with Gasteiger partial charge in [0.2, 0.25) is 0 Å². The topological polar surface area (TPSA) is 52.0 Å². The van der Waals surface area contributed by atoms with Gasteiger partial charge in [-0.25, -0.2) is 0 Å². The first-order chi connectivity index (χ1) is 9.75. The van der Waals surface area contributed by atoms with E-state index >= 15 is 0 Å². The summed E-state index contributed by atoms with van der Waals surface area (Å²) in [6.45, 7) is 0. The van der Waals surface area contributed by atoms with Crippen LogP contribution < -0.4 is 11.5 Å². The van der Waals surface area contributed by atoms with Crippen molar-refractivity contribution >= 4 is 22.7 Å². The lowest BCUT2D eigenvalue weighted by Gasteiger charge is -2.17. The number of aryl methyl sites for hydroxylation is 2. The highest BCUT2D eigenvalue weighted by molar-refractivity contribution is 7.10. The van der Waals surface area contributed by atoms with Crippen molar-refractivity contribution < 1.29 is 0 Å². The molecule has 0 saturated carbocycles. The van der Waals surface area contributed by atoms with Crippen molar-refractivity contribution in [3.63, 3.8) is 0 Å². The highest BCUT2D eigenvalue weighted by Gasteiger charge is 2.17. The van der Waals surface area contributed by atoms with Gasteiger partial charge in [0.15, 0.2) is 0 Å². The predicted molar refractivity (Wildman–Crippen MR) is 88.4 cm³/mol. The third-order valence-electron chi connectivity index (χ3n) is 4.20. The average molecular weight is 306 g/mol. The second-order valence-corrected chi connectivity index (χ2v) is 7.60. The van der Waals surface area contributed by atoms with Crippen LogP contribution in [-0.4, -0.2) is 0 Å². The molecule has 2 nitrogen and oxygen atoms in total. The van der Waals surface area contributed by atoms with Crippen LogP contribution in [0.4, 0.5) is 0 Å². The van der Waals surface area contributed by atoms with E-state index in [1.54, 1.807) is 0 Å². The molecule has 2 heterocycles. The van der Waals surface area contributed by atoms with Gasteiger partial charge in [0.05, 0.1) is 0 Å². The monoisotopic (exact) mass is 306 g/mol. The maximum Gasteiger partial charge on any atom is 0.0306 e. The van der Waals surface area contributed by atoms with Crippen molar-refractivity contribution in [1.82, 2.24) is 0 Å². The Morgan fingerprint density at radius 3 is 1.65 bits per heavy atom. The molecule has 0 saturated heterocycles. The number of fused-ring (bicyclic) bond motifs is 2. The number of nitrogens with two attached hydrogens (primary N) is 2. The van der Waals surface area contributed by atoms with E-state index in [0.29, 0.717) is 12.1 Å². The van der Waals surface area contributed by atoms with Crippen molar-refractivity contribution in [3.8, 4) is 0 Å². The smallest absolute Gasteiger partial charge is 0.0306 e. The summed E-state index contributed by atoms with van der Waals surface area (Å²) >= 11 is 3.70. The molecule has 0 spiro atoms. The quantitative estimate of drug-likeness (QED) is 0.767. The molecule has 4 N–H and O–H groups in total. The standard InChI is InChI=1S/2C8H11NS/c2*9-7-2-1-3-8-6(7)4-5-10-8/h2*4-5,7H,1-3,9H2/t2*7-/m10/s1. The Hall–Kier alpha value is -0.680. The zero-order chi connectivity index (χ0) is 13.9. The maximum atomic E-state index is 5.90. The fraction of sp³-hybridized carbons (Fsp3) is 0.500. The minimum absolute atomic E-state index is 0.329. The van der Waals surface area contributed by atoms with Gasteiger partial charge in [-0.15, -0.1) is 22.7 Å². The molecule has 0 amide bonds. The van der Waals surface area contributed by atoms with E-state index in [0.717, 1.165) is 0 Å². The van der Waals surface area contributed by atoms with Gasteiger partial charge in [0, 0.05) is 21.8 Å². The molecule has 2 aromatic rings. The molecule has 0 radical (unpaired) electrons. The molecular formula is C16H22N2S2. The number of thiophene rings is 2. The van der Waals surface area contributed by atoms with E-state index in [1.165, 1.54) is 59.4 Å². The zero-order valence-corrected chi connectivity index (χ0v) is 13.3. The largest absolute Gasteiger partial charge is 0.324 e. The molecule has 2 aliphatic rings. The van der Waals surface area contributed by atoms with E-state index in [9.17, 15) is 0 Å². The van der Waals surface area contributed by atoms with Crippen molar-refractivity contribution in [3.05, 3.63) is 43.8 Å². The van der Waals surface area contributed by atoms with E-state index in [4.69, 9.17) is 11.5 Å². The van der Waals surface area contributed by atoms with Gasteiger partial charge in [-0.3, -0.25) is 0 Å². The fourth-order valence-electron chi connectivity index (χ4n) is 3.04. The molecule has 2 atom stereocenters. The van der Waals surface area contributed by atoms with Gasteiger partial charge < -0.3 is 11.5 Å². The molecule has 2 aliphatic carbocycles. The SMILES string of the molecule is N[C@@H]1CCCc2sccc21.N[C@H]1CCCc2sccc21. The maximum absolute atomic E-state index is 5.90. The lowest BCUT2D eigenvalue weighted by atomic mass is 9.95. The van der Waals surface area contributed by atoms with Gasteiger partial charge in [-0.05, 0) is 72.5 Å². The first kappa shape index (κ1) is 14.3. The molecule has 0 fully saturated rings. The normalized spacial score (nSPS) is 24.3. The highest BCUT2D eigenvalue weighted by atomic mass is 32.1. The minimum atomic E-state index is 0.329. The summed E-state index contributed by atoms with van der Waals surface area (Å²) < 4.78 is 0. The number of hydrogen-bond donors (Lipinski definition) is 2. The minimum Gasteiger partial charge on any atom is -0.324 e. The van der Waals surface area contributed by atoms with Crippen molar-refractivity contribution in [2.75, 3.05) is 0 Å². The second-order valence-electron chi connectivity index (χ2n) is 5.60. The first-order valence-electron chi connectivity index (χ1n) is 7.39. The Bertz CT molecular complexity index is 508. The van der Waals surface area contributed by atoms with E-state index < -0.39 is 0 Å². The molecule has 0 aromatic carbocycles. The second kappa shape index (κ2) is 6.39. The summed E-state index contributed by atoms with van der Waals surface area (Å²) in [5, 5.41) is 4.30. The van der Waals surface area contributed by atoms with Crippen LogP contribution in [0.2, 0.25) is 0 Å². The van der Waals surface area contributed by atoms with Gasteiger partial charge in [-0.1, -0.05) is 0 Å². The van der Waals surface area contributed by atoms with E-state index in [2.05, 4.69) is 22.9 Å². The Balaban J connectivity index is 0.000000121.